The summed E-state index contributed by atoms with van der Waals surface area (Å²) in [6, 6.07) is 9.38. The number of benzene rings is 1. The topological polar surface area (TPSA) is 91.9 Å². The fourth-order valence-electron chi connectivity index (χ4n) is 2.10. The van der Waals surface area contributed by atoms with Crippen LogP contribution in [0.1, 0.15) is 20.7 Å². The number of hydrogen-bond acceptors (Lipinski definition) is 3. The molecule has 21 heavy (non-hydrogen) atoms. The van der Waals surface area contributed by atoms with Crippen LogP contribution in [-0.4, -0.2) is 31.5 Å². The normalized spacial score (nSPS) is 10.7. The first-order chi connectivity index (χ1) is 10.1. The van der Waals surface area contributed by atoms with Gasteiger partial charge in [0.25, 0.3) is 0 Å². The smallest absolute Gasteiger partial charge is 0.339 e. The van der Waals surface area contributed by atoms with Crippen molar-refractivity contribution in [2.24, 2.45) is 0 Å². The third-order valence-electron chi connectivity index (χ3n) is 3.14. The predicted molar refractivity (Wildman–Crippen MR) is 74.5 cm³/mol. The molecule has 0 saturated heterocycles. The molecule has 0 saturated carbocycles. The van der Waals surface area contributed by atoms with Crippen molar-refractivity contribution in [3.8, 4) is 11.3 Å². The molecule has 0 aliphatic rings. The van der Waals surface area contributed by atoms with Gasteiger partial charge in [-0.3, -0.25) is 0 Å². The lowest BCUT2D eigenvalue weighted by atomic mass is 10.1. The maximum Gasteiger partial charge on any atom is 0.339 e. The first kappa shape index (κ1) is 12.9. The van der Waals surface area contributed by atoms with Gasteiger partial charge in [0.15, 0.2) is 5.65 Å². The van der Waals surface area contributed by atoms with Crippen LogP contribution < -0.4 is 0 Å². The van der Waals surface area contributed by atoms with Crippen molar-refractivity contribution in [2.75, 3.05) is 0 Å². The molecule has 0 fully saturated rings. The third-order valence-corrected chi connectivity index (χ3v) is 3.14. The molecule has 3 aromatic rings. The van der Waals surface area contributed by atoms with Crippen molar-refractivity contribution < 1.29 is 19.8 Å². The summed E-state index contributed by atoms with van der Waals surface area (Å²) < 4.78 is 1.63. The Morgan fingerprint density at radius 2 is 1.71 bits per heavy atom. The number of aromatic nitrogens is 2. The molecule has 3 rings (SSSR count). The van der Waals surface area contributed by atoms with Gasteiger partial charge in [-0.15, -0.1) is 0 Å². The van der Waals surface area contributed by atoms with E-state index in [9.17, 15) is 9.59 Å². The van der Waals surface area contributed by atoms with E-state index in [0.717, 1.165) is 5.56 Å². The van der Waals surface area contributed by atoms with E-state index in [4.69, 9.17) is 10.2 Å². The lowest BCUT2D eigenvalue weighted by molar-refractivity contribution is 0.0686. The molecule has 0 unspecified atom stereocenters. The van der Waals surface area contributed by atoms with Crippen LogP contribution in [0, 0.1) is 0 Å². The minimum atomic E-state index is -1.04. The molecule has 6 heteroatoms. The molecule has 104 valence electrons. The fraction of sp³-hybridized carbons (Fsp3) is 0. The van der Waals surface area contributed by atoms with Crippen molar-refractivity contribution >= 4 is 17.6 Å². The molecule has 0 bridgehead atoms. The number of rotatable bonds is 3. The van der Waals surface area contributed by atoms with Gasteiger partial charge >= 0.3 is 11.9 Å². The van der Waals surface area contributed by atoms with E-state index < -0.39 is 11.9 Å². The van der Waals surface area contributed by atoms with Crippen LogP contribution >= 0.6 is 0 Å². The van der Waals surface area contributed by atoms with E-state index in [1.54, 1.807) is 35.0 Å². The molecule has 1 aromatic carbocycles. The third kappa shape index (κ3) is 2.23. The van der Waals surface area contributed by atoms with Gasteiger partial charge in [-0.25, -0.2) is 14.6 Å². The van der Waals surface area contributed by atoms with Gasteiger partial charge in [-0.2, -0.15) is 0 Å². The summed E-state index contributed by atoms with van der Waals surface area (Å²) in [4.78, 5) is 26.3. The SMILES string of the molecule is O=C(O)c1ccc(-c2cn3cccc(C(=O)O)c3n2)cc1. The number of carboxylic acid groups (broad SMARTS) is 2. The van der Waals surface area contributed by atoms with E-state index in [-0.39, 0.29) is 11.1 Å². The molecule has 6 nitrogen and oxygen atoms in total. The van der Waals surface area contributed by atoms with Crippen LogP contribution in [0.2, 0.25) is 0 Å². The van der Waals surface area contributed by atoms with E-state index in [2.05, 4.69) is 4.98 Å². The fourth-order valence-corrected chi connectivity index (χ4v) is 2.10. The van der Waals surface area contributed by atoms with E-state index in [1.807, 2.05) is 0 Å². The second-order valence-corrected chi connectivity index (χ2v) is 4.47. The summed E-state index contributed by atoms with van der Waals surface area (Å²) in [6.45, 7) is 0. The Morgan fingerprint density at radius 1 is 1.00 bits per heavy atom. The monoisotopic (exact) mass is 282 g/mol. The highest BCUT2D eigenvalue weighted by Crippen LogP contribution is 2.21. The second-order valence-electron chi connectivity index (χ2n) is 4.47. The Hall–Kier alpha value is -3.15. The zero-order chi connectivity index (χ0) is 15.0. The summed E-state index contributed by atoms with van der Waals surface area (Å²) in [5, 5.41) is 18.0. The maximum atomic E-state index is 11.2. The number of pyridine rings is 1. The zero-order valence-electron chi connectivity index (χ0n) is 10.7. The van der Waals surface area contributed by atoms with E-state index >= 15 is 0 Å². The first-order valence-corrected chi connectivity index (χ1v) is 6.11. The van der Waals surface area contributed by atoms with Crippen molar-refractivity contribution in [2.45, 2.75) is 0 Å². The average Bonchev–Trinajstić information content (AvgIpc) is 2.90. The second kappa shape index (κ2) is 4.75. The van der Waals surface area contributed by atoms with Gasteiger partial charge in [-0.05, 0) is 24.3 Å². The van der Waals surface area contributed by atoms with Crippen LogP contribution in [0.3, 0.4) is 0 Å². The molecule has 0 aliphatic carbocycles. The number of nitrogens with zero attached hydrogens (tertiary/aromatic N) is 2. The predicted octanol–water partition coefficient (Wildman–Crippen LogP) is 2.40. The standard InChI is InChI=1S/C15H10N2O4/c18-14(19)10-5-3-9(4-6-10)12-8-17-7-1-2-11(15(20)21)13(17)16-12/h1-8H,(H,18,19)(H,20,21). The molecule has 0 aliphatic heterocycles. The Bertz CT molecular complexity index is 850. The largest absolute Gasteiger partial charge is 0.478 e. The van der Waals surface area contributed by atoms with Gasteiger partial charge in [0.1, 0.15) is 5.56 Å². The van der Waals surface area contributed by atoms with Crippen molar-refractivity contribution in [1.29, 1.82) is 0 Å². The Balaban J connectivity index is 2.11. The lowest BCUT2D eigenvalue weighted by Crippen LogP contribution is -1.99. The molecule has 2 aromatic heterocycles. The Morgan fingerprint density at radius 3 is 2.33 bits per heavy atom. The van der Waals surface area contributed by atoms with Gasteiger partial charge in [0, 0.05) is 18.0 Å². The number of imidazole rings is 1. The molecule has 0 atom stereocenters. The summed E-state index contributed by atoms with van der Waals surface area (Å²) in [5.41, 5.74) is 1.96. The number of carboxylic acids is 2. The van der Waals surface area contributed by atoms with Crippen molar-refractivity contribution in [1.82, 2.24) is 9.38 Å². The molecule has 0 amide bonds. The minimum Gasteiger partial charge on any atom is -0.478 e. The first-order valence-electron chi connectivity index (χ1n) is 6.11. The molecular weight excluding hydrogens is 272 g/mol. The van der Waals surface area contributed by atoms with E-state index in [0.29, 0.717) is 11.3 Å². The minimum absolute atomic E-state index is 0.117. The molecule has 2 N–H and O–H groups in total. The number of fused-ring (bicyclic) bond motifs is 1. The summed E-state index contributed by atoms with van der Waals surface area (Å²) in [7, 11) is 0. The number of hydrogen-bond donors (Lipinski definition) is 2. The van der Waals surface area contributed by atoms with Crippen molar-refractivity contribution in [3.05, 3.63) is 59.9 Å². The summed E-state index contributed by atoms with van der Waals surface area (Å²) in [5.74, 6) is -2.04. The van der Waals surface area contributed by atoms with Crippen LogP contribution in [0.15, 0.2) is 48.8 Å². The highest BCUT2D eigenvalue weighted by atomic mass is 16.4. The van der Waals surface area contributed by atoms with Crippen LogP contribution in [-0.2, 0) is 0 Å². The molecule has 0 radical (unpaired) electrons. The lowest BCUT2D eigenvalue weighted by Gasteiger charge is -1.97. The quantitative estimate of drug-likeness (QED) is 0.769. The van der Waals surface area contributed by atoms with Gasteiger partial charge in [0.2, 0.25) is 0 Å². The molecular formula is C15H10N2O4. The van der Waals surface area contributed by atoms with Gasteiger partial charge in [-0.1, -0.05) is 12.1 Å². The highest BCUT2D eigenvalue weighted by molar-refractivity contribution is 5.94. The molecule has 0 spiro atoms. The van der Waals surface area contributed by atoms with Crippen molar-refractivity contribution in [3.63, 3.8) is 0 Å². The Kier molecular flexibility index (Phi) is 2.91. The highest BCUT2D eigenvalue weighted by Gasteiger charge is 2.12. The maximum absolute atomic E-state index is 11.2. The zero-order valence-corrected chi connectivity index (χ0v) is 10.7. The van der Waals surface area contributed by atoms with Gasteiger partial charge < -0.3 is 14.6 Å². The average molecular weight is 282 g/mol. The van der Waals surface area contributed by atoms with Crippen LogP contribution in [0.5, 0.6) is 0 Å². The number of aromatic carboxylic acids is 2. The van der Waals surface area contributed by atoms with Crippen LogP contribution in [0.4, 0.5) is 0 Å². The molecule has 2 heterocycles. The summed E-state index contributed by atoms with van der Waals surface area (Å²) in [6.07, 6.45) is 3.42. The van der Waals surface area contributed by atoms with E-state index in [1.165, 1.54) is 18.2 Å². The Labute approximate surface area is 118 Å². The van der Waals surface area contributed by atoms with Crippen LogP contribution in [0.25, 0.3) is 16.9 Å². The van der Waals surface area contributed by atoms with Gasteiger partial charge in [0.05, 0.1) is 11.3 Å². The summed E-state index contributed by atoms with van der Waals surface area (Å²) >= 11 is 0. The number of carbonyl (C=O) groups is 2.